The molecule has 3 atom stereocenters. The molecule has 1 aliphatic rings. The van der Waals surface area contributed by atoms with E-state index in [4.69, 9.17) is 5.53 Å². The van der Waals surface area contributed by atoms with E-state index in [-0.39, 0.29) is 17.9 Å². The van der Waals surface area contributed by atoms with Crippen LogP contribution in [0.3, 0.4) is 0 Å². The Bertz CT molecular complexity index is 481. The minimum atomic E-state index is -0.582. The third kappa shape index (κ3) is 2.17. The zero-order valence-corrected chi connectivity index (χ0v) is 10.5. The molecule has 0 aliphatic carbocycles. The number of nitrogens with zero attached hydrogens (tertiary/aromatic N) is 4. The summed E-state index contributed by atoms with van der Waals surface area (Å²) in [6.45, 7) is 2.03. The number of carbonyl (C=O) groups excluding carboxylic acids is 1. The molecule has 1 aromatic rings. The SMILES string of the molecule is CC1C(c2ccccc2)CC(N=[N+]=[N-])C(=O)N1C. The zero-order valence-electron chi connectivity index (χ0n) is 10.5. The number of hydrogen-bond acceptors (Lipinski definition) is 2. The molecule has 2 rings (SSSR count). The molecule has 0 N–H and O–H groups in total. The lowest BCUT2D eigenvalue weighted by atomic mass is 9.82. The van der Waals surface area contributed by atoms with E-state index in [0.29, 0.717) is 6.42 Å². The summed E-state index contributed by atoms with van der Waals surface area (Å²) in [6, 6.07) is 9.58. The van der Waals surface area contributed by atoms with Gasteiger partial charge in [-0.3, -0.25) is 4.79 Å². The number of azide groups is 1. The molecule has 1 heterocycles. The lowest BCUT2D eigenvalue weighted by molar-refractivity contribution is -0.136. The van der Waals surface area contributed by atoms with E-state index >= 15 is 0 Å². The van der Waals surface area contributed by atoms with Crippen LogP contribution in [-0.2, 0) is 4.79 Å². The van der Waals surface area contributed by atoms with Gasteiger partial charge in [0, 0.05) is 23.9 Å². The summed E-state index contributed by atoms with van der Waals surface area (Å²) in [5.74, 6) is 0.122. The number of likely N-dealkylation sites (tertiary alicyclic amines) is 1. The number of piperidine rings is 1. The highest BCUT2D eigenvalue weighted by Crippen LogP contribution is 2.33. The molecule has 1 aromatic carbocycles. The number of carbonyl (C=O) groups is 1. The highest BCUT2D eigenvalue weighted by molar-refractivity contribution is 5.83. The number of hydrogen-bond donors (Lipinski definition) is 0. The van der Waals surface area contributed by atoms with Crippen LogP contribution < -0.4 is 0 Å². The smallest absolute Gasteiger partial charge is 0.231 e. The summed E-state index contributed by atoms with van der Waals surface area (Å²) < 4.78 is 0. The molecule has 1 saturated heterocycles. The third-order valence-corrected chi connectivity index (χ3v) is 3.72. The molecule has 5 nitrogen and oxygen atoms in total. The van der Waals surface area contributed by atoms with Crippen molar-refractivity contribution in [2.45, 2.75) is 31.3 Å². The van der Waals surface area contributed by atoms with Crippen LogP contribution in [0.15, 0.2) is 35.4 Å². The van der Waals surface area contributed by atoms with Crippen molar-refractivity contribution in [3.63, 3.8) is 0 Å². The van der Waals surface area contributed by atoms with Crippen molar-refractivity contribution in [3.8, 4) is 0 Å². The summed E-state index contributed by atoms with van der Waals surface area (Å²) >= 11 is 0. The van der Waals surface area contributed by atoms with E-state index in [2.05, 4.69) is 22.2 Å². The number of rotatable bonds is 2. The molecule has 1 amide bonds. The Morgan fingerprint density at radius 2 is 2.06 bits per heavy atom. The predicted octanol–water partition coefficient (Wildman–Crippen LogP) is 2.70. The Morgan fingerprint density at radius 1 is 1.39 bits per heavy atom. The fourth-order valence-electron chi connectivity index (χ4n) is 2.52. The number of likely N-dealkylation sites (N-methyl/N-ethyl adjacent to an activating group) is 1. The van der Waals surface area contributed by atoms with Gasteiger partial charge >= 0.3 is 0 Å². The van der Waals surface area contributed by atoms with Crippen molar-refractivity contribution in [3.05, 3.63) is 46.3 Å². The maximum absolute atomic E-state index is 12.0. The van der Waals surface area contributed by atoms with E-state index in [1.54, 1.807) is 11.9 Å². The molecule has 94 valence electrons. The highest BCUT2D eigenvalue weighted by atomic mass is 16.2. The minimum absolute atomic E-state index is 0.0903. The van der Waals surface area contributed by atoms with Gasteiger partial charge in [-0.25, -0.2) is 0 Å². The van der Waals surface area contributed by atoms with Crippen LogP contribution >= 0.6 is 0 Å². The van der Waals surface area contributed by atoms with Gasteiger partial charge in [0.15, 0.2) is 0 Å². The first-order valence-corrected chi connectivity index (χ1v) is 6.01. The quantitative estimate of drug-likeness (QED) is 0.448. The molecule has 0 spiro atoms. The summed E-state index contributed by atoms with van der Waals surface area (Å²) in [7, 11) is 1.77. The largest absolute Gasteiger partial charge is 0.342 e. The average molecular weight is 244 g/mol. The second-order valence-electron chi connectivity index (χ2n) is 4.66. The molecule has 3 unspecified atom stereocenters. The van der Waals surface area contributed by atoms with Gasteiger partial charge < -0.3 is 4.90 Å². The predicted molar refractivity (Wildman–Crippen MR) is 69.0 cm³/mol. The zero-order chi connectivity index (χ0) is 13.1. The maximum Gasteiger partial charge on any atom is 0.231 e. The van der Waals surface area contributed by atoms with Gasteiger partial charge in [-0.1, -0.05) is 35.4 Å². The van der Waals surface area contributed by atoms with Crippen LogP contribution in [0.4, 0.5) is 0 Å². The third-order valence-electron chi connectivity index (χ3n) is 3.72. The van der Waals surface area contributed by atoms with Gasteiger partial charge in [0.2, 0.25) is 5.91 Å². The van der Waals surface area contributed by atoms with Crippen molar-refractivity contribution in [2.75, 3.05) is 7.05 Å². The second kappa shape index (κ2) is 5.10. The van der Waals surface area contributed by atoms with Crippen molar-refractivity contribution in [1.82, 2.24) is 4.90 Å². The Balaban J connectivity index is 2.31. The fourth-order valence-corrected chi connectivity index (χ4v) is 2.52. The van der Waals surface area contributed by atoms with Crippen molar-refractivity contribution >= 4 is 5.91 Å². The number of amides is 1. The first-order valence-electron chi connectivity index (χ1n) is 6.01. The van der Waals surface area contributed by atoms with Crippen molar-refractivity contribution < 1.29 is 4.79 Å². The van der Waals surface area contributed by atoms with E-state index in [9.17, 15) is 4.79 Å². The second-order valence-corrected chi connectivity index (χ2v) is 4.66. The molecule has 0 aromatic heterocycles. The van der Waals surface area contributed by atoms with Gasteiger partial charge in [-0.15, -0.1) is 0 Å². The van der Waals surface area contributed by atoms with Crippen LogP contribution in [0.2, 0.25) is 0 Å². The van der Waals surface area contributed by atoms with Crippen LogP contribution in [0.5, 0.6) is 0 Å². The first kappa shape index (κ1) is 12.5. The lowest BCUT2D eigenvalue weighted by Gasteiger charge is -2.39. The standard InChI is InChI=1S/C13H16N4O/c1-9-11(10-6-4-3-5-7-10)8-12(15-16-14)13(18)17(9)2/h3-7,9,11-12H,8H2,1-2H3. The Kier molecular flexibility index (Phi) is 3.53. The molecular formula is C13H16N4O. The molecule has 0 radical (unpaired) electrons. The fraction of sp³-hybridized carbons (Fsp3) is 0.462. The van der Waals surface area contributed by atoms with Gasteiger partial charge in [0.25, 0.3) is 0 Å². The highest BCUT2D eigenvalue weighted by Gasteiger charge is 2.37. The molecule has 18 heavy (non-hydrogen) atoms. The van der Waals surface area contributed by atoms with Gasteiger partial charge in [0.05, 0.1) is 0 Å². The summed E-state index contributed by atoms with van der Waals surface area (Å²) in [6.07, 6.45) is 0.582. The number of benzene rings is 1. The first-order chi connectivity index (χ1) is 8.65. The normalized spacial score (nSPS) is 27.8. The Labute approximate surface area is 106 Å². The van der Waals surface area contributed by atoms with E-state index < -0.39 is 6.04 Å². The van der Waals surface area contributed by atoms with Gasteiger partial charge in [-0.05, 0) is 24.4 Å². The molecule has 5 heteroatoms. The summed E-state index contributed by atoms with van der Waals surface area (Å²) in [4.78, 5) is 16.4. The molecular weight excluding hydrogens is 228 g/mol. The van der Waals surface area contributed by atoms with Crippen molar-refractivity contribution in [1.29, 1.82) is 0 Å². The van der Waals surface area contributed by atoms with Crippen LogP contribution in [-0.4, -0.2) is 29.9 Å². The van der Waals surface area contributed by atoms with Crippen LogP contribution in [0, 0.1) is 0 Å². The molecule has 0 saturated carbocycles. The molecule has 1 aliphatic heterocycles. The topological polar surface area (TPSA) is 69.1 Å². The van der Waals surface area contributed by atoms with E-state index in [0.717, 1.165) is 0 Å². The monoisotopic (exact) mass is 244 g/mol. The molecule has 1 fully saturated rings. The van der Waals surface area contributed by atoms with Crippen molar-refractivity contribution in [2.24, 2.45) is 5.11 Å². The average Bonchev–Trinajstić information content (AvgIpc) is 2.40. The van der Waals surface area contributed by atoms with Gasteiger partial charge in [-0.2, -0.15) is 0 Å². The van der Waals surface area contributed by atoms with E-state index in [1.807, 2.05) is 25.1 Å². The maximum atomic E-state index is 12.0. The summed E-state index contributed by atoms with van der Waals surface area (Å²) in [5, 5.41) is 3.61. The summed E-state index contributed by atoms with van der Waals surface area (Å²) in [5.41, 5.74) is 9.72. The lowest BCUT2D eigenvalue weighted by Crippen LogP contribution is -2.49. The Hall–Kier alpha value is -2.00. The minimum Gasteiger partial charge on any atom is -0.342 e. The van der Waals surface area contributed by atoms with Crippen LogP contribution in [0.1, 0.15) is 24.8 Å². The van der Waals surface area contributed by atoms with Gasteiger partial charge in [0.1, 0.15) is 6.04 Å². The van der Waals surface area contributed by atoms with Crippen LogP contribution in [0.25, 0.3) is 10.4 Å². The molecule has 0 bridgehead atoms. The Morgan fingerprint density at radius 3 is 2.67 bits per heavy atom. The van der Waals surface area contributed by atoms with E-state index in [1.165, 1.54) is 5.56 Å².